The minimum atomic E-state index is -0.322. The molecule has 3 amide bonds. The third-order valence-corrected chi connectivity index (χ3v) is 5.65. The maximum absolute atomic E-state index is 13.0. The van der Waals surface area contributed by atoms with Crippen molar-refractivity contribution in [3.63, 3.8) is 0 Å². The first-order chi connectivity index (χ1) is 13.4. The van der Waals surface area contributed by atoms with Crippen molar-refractivity contribution in [1.82, 2.24) is 15.1 Å². The zero-order valence-corrected chi connectivity index (χ0v) is 16.4. The van der Waals surface area contributed by atoms with Gasteiger partial charge in [-0.25, -0.2) is 4.39 Å². The van der Waals surface area contributed by atoms with Crippen LogP contribution in [0.3, 0.4) is 0 Å². The van der Waals surface area contributed by atoms with E-state index >= 15 is 0 Å². The number of hydrogen-bond donors (Lipinski definition) is 1. The fourth-order valence-electron chi connectivity index (χ4n) is 3.00. The number of thiophene rings is 1. The van der Waals surface area contributed by atoms with Gasteiger partial charge in [0.1, 0.15) is 5.82 Å². The van der Waals surface area contributed by atoms with E-state index in [2.05, 4.69) is 5.32 Å². The number of hydrogen-bond acceptors (Lipinski definition) is 4. The van der Waals surface area contributed by atoms with Crippen molar-refractivity contribution < 1.29 is 18.8 Å². The van der Waals surface area contributed by atoms with Gasteiger partial charge in [-0.15, -0.1) is 11.3 Å². The van der Waals surface area contributed by atoms with E-state index in [0.29, 0.717) is 37.6 Å². The number of rotatable bonds is 5. The molecule has 2 aromatic rings. The predicted octanol–water partition coefficient (Wildman–Crippen LogP) is 2.05. The maximum atomic E-state index is 13.0. The Morgan fingerprint density at radius 1 is 1.00 bits per heavy atom. The standard InChI is InChI=1S/C20H22FN3O3S/c1-14(25)22-13-17-6-7-18(28-17)20(27)24-10-8-23(9-11-24)19(26)12-15-2-4-16(21)5-3-15/h2-7H,8-13H2,1H3,(H,22,25). The second-order valence-corrected chi connectivity index (χ2v) is 7.82. The van der Waals surface area contributed by atoms with Crippen LogP contribution in [0.5, 0.6) is 0 Å². The molecule has 6 nitrogen and oxygen atoms in total. The second kappa shape index (κ2) is 8.97. The minimum absolute atomic E-state index is 0.0209. The van der Waals surface area contributed by atoms with Crippen molar-refractivity contribution >= 4 is 29.1 Å². The first kappa shape index (κ1) is 20.0. The van der Waals surface area contributed by atoms with Gasteiger partial charge >= 0.3 is 0 Å². The van der Waals surface area contributed by atoms with Gasteiger partial charge in [0.05, 0.1) is 17.8 Å². The monoisotopic (exact) mass is 403 g/mol. The summed E-state index contributed by atoms with van der Waals surface area (Å²) >= 11 is 1.37. The van der Waals surface area contributed by atoms with Crippen LogP contribution < -0.4 is 5.32 Å². The number of benzene rings is 1. The van der Waals surface area contributed by atoms with Crippen molar-refractivity contribution in [2.24, 2.45) is 0 Å². The number of carbonyl (C=O) groups is 3. The SMILES string of the molecule is CC(=O)NCc1ccc(C(=O)N2CCN(C(=O)Cc3ccc(F)cc3)CC2)s1. The average molecular weight is 403 g/mol. The van der Waals surface area contributed by atoms with E-state index in [1.54, 1.807) is 28.0 Å². The number of nitrogens with zero attached hydrogens (tertiary/aromatic N) is 2. The molecule has 1 fully saturated rings. The maximum Gasteiger partial charge on any atom is 0.264 e. The van der Waals surface area contributed by atoms with Crippen LogP contribution in [-0.4, -0.2) is 53.7 Å². The van der Waals surface area contributed by atoms with E-state index in [0.717, 1.165) is 10.4 Å². The van der Waals surface area contributed by atoms with Gasteiger partial charge in [0.25, 0.3) is 5.91 Å². The summed E-state index contributed by atoms with van der Waals surface area (Å²) in [5, 5.41) is 2.72. The van der Waals surface area contributed by atoms with Crippen molar-refractivity contribution in [3.05, 3.63) is 57.5 Å². The number of halogens is 1. The Hall–Kier alpha value is -2.74. The van der Waals surface area contributed by atoms with Crippen LogP contribution in [-0.2, 0) is 22.6 Å². The molecular weight excluding hydrogens is 381 g/mol. The van der Waals surface area contributed by atoms with E-state index in [9.17, 15) is 18.8 Å². The highest BCUT2D eigenvalue weighted by Gasteiger charge is 2.25. The van der Waals surface area contributed by atoms with Gasteiger partial charge in [0.2, 0.25) is 11.8 Å². The smallest absolute Gasteiger partial charge is 0.264 e. The van der Waals surface area contributed by atoms with Gasteiger partial charge in [-0.05, 0) is 29.8 Å². The summed E-state index contributed by atoms with van der Waals surface area (Å²) in [5.41, 5.74) is 0.773. The molecule has 1 saturated heterocycles. The molecule has 1 N–H and O–H groups in total. The summed E-state index contributed by atoms with van der Waals surface area (Å²) in [5.74, 6) is -0.503. The highest BCUT2D eigenvalue weighted by molar-refractivity contribution is 7.14. The number of carbonyl (C=O) groups excluding carboxylic acids is 3. The first-order valence-corrected chi connectivity index (χ1v) is 9.88. The highest BCUT2D eigenvalue weighted by Crippen LogP contribution is 2.19. The third-order valence-electron chi connectivity index (χ3n) is 4.57. The molecule has 1 aliphatic heterocycles. The van der Waals surface area contributed by atoms with Crippen LogP contribution in [0.15, 0.2) is 36.4 Å². The van der Waals surface area contributed by atoms with Crippen LogP contribution in [0.25, 0.3) is 0 Å². The molecule has 1 aliphatic rings. The van der Waals surface area contributed by atoms with Crippen LogP contribution in [0, 0.1) is 5.82 Å². The molecule has 1 aromatic carbocycles. The quantitative estimate of drug-likeness (QED) is 0.831. The summed E-state index contributed by atoms with van der Waals surface area (Å²) in [7, 11) is 0. The van der Waals surface area contributed by atoms with E-state index in [-0.39, 0.29) is 30.0 Å². The Labute approximate surface area is 166 Å². The fourth-order valence-corrected chi connectivity index (χ4v) is 3.92. The molecule has 0 aliphatic carbocycles. The summed E-state index contributed by atoms with van der Waals surface area (Å²) in [6.45, 7) is 3.79. The molecule has 28 heavy (non-hydrogen) atoms. The molecule has 0 atom stereocenters. The largest absolute Gasteiger partial charge is 0.351 e. The van der Waals surface area contributed by atoms with Gasteiger partial charge in [0.15, 0.2) is 0 Å². The number of piperazine rings is 1. The molecule has 0 spiro atoms. The topological polar surface area (TPSA) is 69.7 Å². The summed E-state index contributed by atoms with van der Waals surface area (Å²) in [4.78, 5) is 41.1. The molecule has 2 heterocycles. The number of nitrogens with one attached hydrogen (secondary N) is 1. The van der Waals surface area contributed by atoms with E-state index in [1.165, 1.54) is 30.4 Å². The van der Waals surface area contributed by atoms with Crippen LogP contribution in [0.1, 0.15) is 27.0 Å². The Morgan fingerprint density at radius 3 is 2.29 bits per heavy atom. The Kier molecular flexibility index (Phi) is 6.41. The molecule has 148 valence electrons. The second-order valence-electron chi connectivity index (χ2n) is 6.65. The molecule has 1 aromatic heterocycles. The molecular formula is C20H22FN3O3S. The lowest BCUT2D eigenvalue weighted by atomic mass is 10.1. The van der Waals surface area contributed by atoms with Crippen molar-refractivity contribution in [2.45, 2.75) is 19.9 Å². The van der Waals surface area contributed by atoms with Crippen molar-refractivity contribution in [1.29, 1.82) is 0 Å². The minimum Gasteiger partial charge on any atom is -0.351 e. The van der Waals surface area contributed by atoms with Crippen molar-refractivity contribution in [2.75, 3.05) is 26.2 Å². The summed E-state index contributed by atoms with van der Waals surface area (Å²) in [6, 6.07) is 9.54. The first-order valence-electron chi connectivity index (χ1n) is 9.07. The van der Waals surface area contributed by atoms with Gasteiger partial charge in [-0.2, -0.15) is 0 Å². The zero-order valence-electron chi connectivity index (χ0n) is 15.6. The van der Waals surface area contributed by atoms with Gasteiger partial charge in [-0.3, -0.25) is 14.4 Å². The number of amides is 3. The molecule has 3 rings (SSSR count). The van der Waals surface area contributed by atoms with E-state index < -0.39 is 0 Å². The van der Waals surface area contributed by atoms with Gasteiger partial charge in [-0.1, -0.05) is 12.1 Å². The lowest BCUT2D eigenvalue weighted by Gasteiger charge is -2.34. The van der Waals surface area contributed by atoms with E-state index in [1.807, 2.05) is 6.07 Å². The third kappa shape index (κ3) is 5.16. The summed E-state index contributed by atoms with van der Waals surface area (Å²) in [6.07, 6.45) is 0.228. The Morgan fingerprint density at radius 2 is 1.64 bits per heavy atom. The normalized spacial score (nSPS) is 14.1. The molecule has 0 unspecified atom stereocenters. The fraction of sp³-hybridized carbons (Fsp3) is 0.350. The van der Waals surface area contributed by atoms with Gasteiger partial charge in [0, 0.05) is 38.0 Å². The van der Waals surface area contributed by atoms with Crippen molar-refractivity contribution in [3.8, 4) is 0 Å². The molecule has 0 saturated carbocycles. The predicted molar refractivity (Wildman–Crippen MR) is 104 cm³/mol. The lowest BCUT2D eigenvalue weighted by Crippen LogP contribution is -2.50. The van der Waals surface area contributed by atoms with Crippen LogP contribution in [0.2, 0.25) is 0 Å². The molecule has 0 radical (unpaired) electrons. The lowest BCUT2D eigenvalue weighted by molar-refractivity contribution is -0.132. The molecule has 8 heteroatoms. The van der Waals surface area contributed by atoms with E-state index in [4.69, 9.17) is 0 Å². The Balaban J connectivity index is 1.50. The summed E-state index contributed by atoms with van der Waals surface area (Å²) < 4.78 is 13.0. The van der Waals surface area contributed by atoms with Gasteiger partial charge < -0.3 is 15.1 Å². The average Bonchev–Trinajstić information content (AvgIpc) is 3.17. The van der Waals surface area contributed by atoms with Crippen LogP contribution >= 0.6 is 11.3 Å². The Bertz CT molecular complexity index is 858. The van der Waals surface area contributed by atoms with Crippen LogP contribution in [0.4, 0.5) is 4.39 Å². The highest BCUT2D eigenvalue weighted by atomic mass is 32.1. The molecule has 0 bridgehead atoms. The zero-order chi connectivity index (χ0) is 20.1.